The van der Waals surface area contributed by atoms with Crippen molar-refractivity contribution in [3.63, 3.8) is 0 Å². The van der Waals surface area contributed by atoms with Crippen molar-refractivity contribution in [3.8, 4) is 11.5 Å². The van der Waals surface area contributed by atoms with Gasteiger partial charge in [-0.15, -0.1) is 0 Å². The molecule has 0 amide bonds. The molecule has 6 heteroatoms. The zero-order chi connectivity index (χ0) is 16.4. The van der Waals surface area contributed by atoms with E-state index in [4.69, 9.17) is 4.74 Å². The first kappa shape index (κ1) is 14.8. The predicted molar refractivity (Wildman–Crippen MR) is 79.5 cm³/mol. The topological polar surface area (TPSA) is 107 Å². The molecule has 0 radical (unpaired) electrons. The minimum Gasteiger partial charge on any atom is -0.504 e. The monoisotopic (exact) mass is 320 g/mol. The van der Waals surface area contributed by atoms with E-state index in [-0.39, 0.29) is 30.4 Å². The smallest absolute Gasteiger partial charge is 0.345 e. The Bertz CT molecular complexity index is 686. The Balaban J connectivity index is 2.04. The van der Waals surface area contributed by atoms with Crippen molar-refractivity contribution < 1.29 is 30.0 Å². The first-order chi connectivity index (χ1) is 11.0. The second-order valence-electron chi connectivity index (χ2n) is 6.95. The zero-order valence-electron chi connectivity index (χ0n) is 12.7. The van der Waals surface area contributed by atoms with Crippen LogP contribution in [-0.4, -0.2) is 44.7 Å². The lowest BCUT2D eigenvalue weighted by Crippen LogP contribution is -2.67. The fourth-order valence-corrected chi connectivity index (χ4v) is 5.28. The summed E-state index contributed by atoms with van der Waals surface area (Å²) in [6, 6.07) is 3.32. The fourth-order valence-electron chi connectivity index (χ4n) is 5.28. The molecule has 0 unspecified atom stereocenters. The summed E-state index contributed by atoms with van der Waals surface area (Å²) in [5.74, 6) is -1.17. The number of hydrogen-bond donors (Lipinski definition) is 4. The van der Waals surface area contributed by atoms with Gasteiger partial charge in [-0.05, 0) is 36.8 Å². The number of aliphatic hydroxyl groups excluding tert-OH is 1. The lowest BCUT2D eigenvalue weighted by molar-refractivity contribution is -0.176. The van der Waals surface area contributed by atoms with E-state index >= 15 is 0 Å². The van der Waals surface area contributed by atoms with Gasteiger partial charge >= 0.3 is 5.97 Å². The van der Waals surface area contributed by atoms with E-state index < -0.39 is 23.1 Å². The van der Waals surface area contributed by atoms with Crippen molar-refractivity contribution in [3.05, 3.63) is 23.3 Å². The molecule has 1 heterocycles. The van der Waals surface area contributed by atoms with Crippen molar-refractivity contribution in [2.75, 3.05) is 6.61 Å². The molecule has 2 aliphatic carbocycles. The minimum atomic E-state index is -1.34. The second-order valence-corrected chi connectivity index (χ2v) is 6.95. The molecule has 6 nitrogen and oxygen atoms in total. The number of aliphatic carboxylic acids is 1. The summed E-state index contributed by atoms with van der Waals surface area (Å²) in [6.07, 6.45) is 1.53. The van der Waals surface area contributed by atoms with Gasteiger partial charge in [0.25, 0.3) is 0 Å². The molecule has 1 fully saturated rings. The van der Waals surface area contributed by atoms with E-state index in [9.17, 15) is 25.2 Å². The first-order valence-corrected chi connectivity index (χ1v) is 8.03. The Kier molecular flexibility index (Phi) is 2.96. The Morgan fingerprint density at radius 1 is 1.39 bits per heavy atom. The van der Waals surface area contributed by atoms with Gasteiger partial charge in [0.2, 0.25) is 6.10 Å². The number of carboxylic acids is 1. The van der Waals surface area contributed by atoms with Crippen molar-refractivity contribution >= 4 is 5.97 Å². The molecular weight excluding hydrogens is 300 g/mol. The Hall–Kier alpha value is -1.79. The lowest BCUT2D eigenvalue weighted by atomic mass is 9.48. The molecule has 0 saturated heterocycles. The maximum atomic E-state index is 11.9. The fraction of sp³-hybridized carbons (Fsp3) is 0.588. The highest BCUT2D eigenvalue weighted by Crippen LogP contribution is 2.64. The number of benzene rings is 1. The number of ether oxygens (including phenoxy) is 1. The number of carboxylic acid groups (broad SMARTS) is 1. The summed E-state index contributed by atoms with van der Waals surface area (Å²) < 4.78 is 5.65. The van der Waals surface area contributed by atoms with E-state index in [1.807, 2.05) is 0 Å². The summed E-state index contributed by atoms with van der Waals surface area (Å²) in [7, 11) is 0. The third kappa shape index (κ3) is 1.58. The molecule has 23 heavy (non-hydrogen) atoms. The molecule has 4 N–H and O–H groups in total. The van der Waals surface area contributed by atoms with Crippen LogP contribution >= 0.6 is 0 Å². The van der Waals surface area contributed by atoms with Gasteiger partial charge in [-0.3, -0.25) is 0 Å². The van der Waals surface area contributed by atoms with Crippen LogP contribution in [0.15, 0.2) is 12.1 Å². The average molecular weight is 320 g/mol. The number of rotatable bonds is 3. The molecule has 1 saturated carbocycles. The molecule has 1 spiro atoms. The number of aliphatic hydroxyl groups is 2. The van der Waals surface area contributed by atoms with Crippen molar-refractivity contribution in [2.24, 2.45) is 5.92 Å². The number of phenols is 1. The van der Waals surface area contributed by atoms with Gasteiger partial charge in [0.05, 0.1) is 11.0 Å². The van der Waals surface area contributed by atoms with Gasteiger partial charge in [-0.1, -0.05) is 12.5 Å². The largest absolute Gasteiger partial charge is 0.504 e. The molecule has 1 aromatic rings. The number of hydrogen-bond acceptors (Lipinski definition) is 5. The lowest BCUT2D eigenvalue weighted by Gasteiger charge is -2.57. The summed E-state index contributed by atoms with van der Waals surface area (Å²) in [5.41, 5.74) is -0.869. The highest BCUT2D eigenvalue weighted by atomic mass is 16.5. The Morgan fingerprint density at radius 2 is 2.17 bits per heavy atom. The van der Waals surface area contributed by atoms with Gasteiger partial charge in [-0.2, -0.15) is 0 Å². The van der Waals surface area contributed by atoms with Gasteiger partial charge < -0.3 is 25.2 Å². The van der Waals surface area contributed by atoms with Crippen LogP contribution in [0.5, 0.6) is 11.5 Å². The van der Waals surface area contributed by atoms with Crippen LogP contribution in [0, 0.1) is 5.92 Å². The van der Waals surface area contributed by atoms with Gasteiger partial charge in [0.15, 0.2) is 11.5 Å². The van der Waals surface area contributed by atoms with Gasteiger partial charge in [0, 0.05) is 18.6 Å². The third-order valence-electron chi connectivity index (χ3n) is 6.11. The molecule has 4 rings (SSSR count). The number of fused-ring (bicyclic) bond motifs is 1. The molecule has 0 aromatic heterocycles. The number of carbonyl (C=O) groups is 1. The van der Waals surface area contributed by atoms with Crippen LogP contribution in [-0.2, 0) is 16.6 Å². The maximum absolute atomic E-state index is 11.9. The predicted octanol–water partition coefficient (Wildman–Crippen LogP) is 0.945. The molecule has 4 atom stereocenters. The van der Waals surface area contributed by atoms with Gasteiger partial charge in [-0.25, -0.2) is 4.79 Å². The highest BCUT2D eigenvalue weighted by Gasteiger charge is 2.70. The average Bonchev–Trinajstić information content (AvgIpc) is 2.83. The summed E-state index contributed by atoms with van der Waals surface area (Å²) in [4.78, 5) is 11.9. The molecule has 1 aromatic carbocycles. The number of phenolic OH excluding ortho intramolecular Hbond substituents is 1. The van der Waals surface area contributed by atoms with Crippen molar-refractivity contribution in [1.82, 2.24) is 0 Å². The van der Waals surface area contributed by atoms with Crippen LogP contribution in [0.3, 0.4) is 0 Å². The van der Waals surface area contributed by atoms with Crippen LogP contribution in [0.25, 0.3) is 0 Å². The minimum absolute atomic E-state index is 0.0951. The summed E-state index contributed by atoms with van der Waals surface area (Å²) >= 11 is 0. The molecule has 1 aliphatic heterocycles. The molecular formula is C17H20O6. The first-order valence-electron chi connectivity index (χ1n) is 8.03. The quantitative estimate of drug-likeness (QED) is 0.660. The van der Waals surface area contributed by atoms with Crippen LogP contribution in [0.1, 0.15) is 36.8 Å². The van der Waals surface area contributed by atoms with Crippen LogP contribution in [0.4, 0.5) is 0 Å². The number of aromatic hydroxyl groups is 1. The van der Waals surface area contributed by atoms with Gasteiger partial charge in [0.1, 0.15) is 0 Å². The summed E-state index contributed by atoms with van der Waals surface area (Å²) in [6.45, 7) is -0.218. The normalized spacial score (nSPS) is 37.1. The van der Waals surface area contributed by atoms with E-state index in [0.717, 1.165) is 18.4 Å². The van der Waals surface area contributed by atoms with Crippen LogP contribution in [0.2, 0.25) is 0 Å². The third-order valence-corrected chi connectivity index (χ3v) is 6.11. The standard InChI is InChI=1S/C17H20O6/c18-7-6-17(22)10-2-1-5-16(17)12-9(8-10)3-4-11(19)13(12)23-14(16)15(20)21/h3-4,10,14,18-19,22H,1-2,5-8H2,(H,20,21)/t10-,14+,16+,17-/m1/s1. The van der Waals surface area contributed by atoms with Crippen molar-refractivity contribution in [1.29, 1.82) is 0 Å². The SMILES string of the molecule is O=C(O)[C@@H]1Oc2c(O)ccc3c2[C@@]12CCC[C@H](C3)[C@]2(O)CCO. The van der Waals surface area contributed by atoms with E-state index in [0.29, 0.717) is 18.4 Å². The Labute approximate surface area is 133 Å². The molecule has 3 aliphatic rings. The van der Waals surface area contributed by atoms with E-state index in [1.165, 1.54) is 6.07 Å². The molecule has 124 valence electrons. The van der Waals surface area contributed by atoms with Crippen molar-refractivity contribution in [2.45, 2.75) is 49.2 Å². The highest BCUT2D eigenvalue weighted by molar-refractivity contribution is 5.80. The van der Waals surface area contributed by atoms with Crippen LogP contribution < -0.4 is 4.74 Å². The second kappa shape index (κ2) is 4.61. The van der Waals surface area contributed by atoms with E-state index in [1.54, 1.807) is 6.07 Å². The summed E-state index contributed by atoms with van der Waals surface area (Å²) in [5, 5.41) is 40.9. The zero-order valence-corrected chi connectivity index (χ0v) is 12.7. The van der Waals surface area contributed by atoms with E-state index in [2.05, 4.69) is 0 Å². The molecule has 2 bridgehead atoms. The Morgan fingerprint density at radius 3 is 2.87 bits per heavy atom. The maximum Gasteiger partial charge on any atom is 0.345 e.